The van der Waals surface area contributed by atoms with E-state index in [0.29, 0.717) is 0 Å². The molecule has 0 aliphatic rings. The molecule has 3 aromatic rings. The highest BCUT2D eigenvalue weighted by atomic mass is 16.5. The Balaban J connectivity index is 2.35. The number of hydrogen-bond donors (Lipinski definition) is 1. The molecule has 0 saturated carbocycles. The monoisotopic (exact) mass is 254 g/mol. The minimum Gasteiger partial charge on any atom is -0.497 e. The molecule has 0 saturated heterocycles. The summed E-state index contributed by atoms with van der Waals surface area (Å²) >= 11 is 0. The maximum Gasteiger partial charge on any atom is 0.331 e. The molecule has 0 spiro atoms. The van der Waals surface area contributed by atoms with Gasteiger partial charge in [-0.2, -0.15) is 0 Å². The van der Waals surface area contributed by atoms with Crippen LogP contribution >= 0.6 is 0 Å². The molecule has 4 nitrogen and oxygen atoms in total. The number of nitrogens with one attached hydrogen (secondary N) is 1. The van der Waals surface area contributed by atoms with Gasteiger partial charge in [0.25, 0.3) is 0 Å². The highest BCUT2D eigenvalue weighted by Gasteiger charge is 2.10. The number of aryl methyl sites for hydroxylation is 1. The Labute approximate surface area is 110 Å². The second kappa shape index (κ2) is 4.31. The number of rotatable bonds is 2. The fourth-order valence-electron chi connectivity index (χ4n) is 2.33. The van der Waals surface area contributed by atoms with E-state index < -0.39 is 0 Å². The smallest absolute Gasteiger partial charge is 0.331 e. The molecule has 4 heteroatoms. The molecule has 0 aliphatic heterocycles. The van der Waals surface area contributed by atoms with Gasteiger partial charge < -0.3 is 9.72 Å². The lowest BCUT2D eigenvalue weighted by molar-refractivity contribution is 0.414. The summed E-state index contributed by atoms with van der Waals surface area (Å²) in [6, 6.07) is 13.3. The van der Waals surface area contributed by atoms with Crippen LogP contribution < -0.4 is 10.4 Å². The summed E-state index contributed by atoms with van der Waals surface area (Å²) in [7, 11) is 1.61. The fourth-order valence-corrected chi connectivity index (χ4v) is 2.33. The van der Waals surface area contributed by atoms with Crippen LogP contribution in [0.5, 0.6) is 5.75 Å². The molecule has 3 rings (SSSR count). The van der Waals surface area contributed by atoms with E-state index >= 15 is 0 Å². The van der Waals surface area contributed by atoms with E-state index in [1.807, 2.05) is 49.4 Å². The Bertz CT molecular complexity index is 799. The van der Waals surface area contributed by atoms with Gasteiger partial charge in [-0.25, -0.2) is 4.79 Å². The molecular formula is C15H14N2O2. The van der Waals surface area contributed by atoms with Gasteiger partial charge in [-0.05, 0) is 30.7 Å². The number of aromatic amines is 1. The van der Waals surface area contributed by atoms with Crippen molar-refractivity contribution in [2.24, 2.45) is 0 Å². The first kappa shape index (κ1) is 11.6. The fraction of sp³-hybridized carbons (Fsp3) is 0.133. The number of imidazole rings is 1. The van der Waals surface area contributed by atoms with Crippen molar-refractivity contribution >= 4 is 11.0 Å². The van der Waals surface area contributed by atoms with Gasteiger partial charge in [0.1, 0.15) is 5.75 Å². The maximum atomic E-state index is 12.2. The Morgan fingerprint density at radius 1 is 1.16 bits per heavy atom. The number of hydrogen-bond acceptors (Lipinski definition) is 2. The van der Waals surface area contributed by atoms with Crippen LogP contribution in [0, 0.1) is 6.92 Å². The lowest BCUT2D eigenvalue weighted by Crippen LogP contribution is -2.14. The number of benzene rings is 2. The normalized spacial score (nSPS) is 10.8. The largest absolute Gasteiger partial charge is 0.497 e. The van der Waals surface area contributed by atoms with Crippen LogP contribution in [-0.4, -0.2) is 16.7 Å². The van der Waals surface area contributed by atoms with E-state index in [0.717, 1.165) is 28.0 Å². The molecule has 1 heterocycles. The summed E-state index contributed by atoms with van der Waals surface area (Å²) in [5, 5.41) is 0. The average molecular weight is 254 g/mol. The van der Waals surface area contributed by atoms with Gasteiger partial charge in [-0.3, -0.25) is 4.57 Å². The van der Waals surface area contributed by atoms with Crippen LogP contribution in [0.3, 0.4) is 0 Å². The summed E-state index contributed by atoms with van der Waals surface area (Å²) in [5.74, 6) is 0.729. The van der Waals surface area contributed by atoms with Crippen molar-refractivity contribution in [1.82, 2.24) is 9.55 Å². The van der Waals surface area contributed by atoms with Crippen LogP contribution in [0.4, 0.5) is 0 Å². The number of H-pyrrole nitrogens is 1. The zero-order chi connectivity index (χ0) is 13.4. The summed E-state index contributed by atoms with van der Waals surface area (Å²) in [6.07, 6.45) is 0. The van der Waals surface area contributed by atoms with E-state index in [1.54, 1.807) is 11.7 Å². The first-order valence-corrected chi connectivity index (χ1v) is 6.05. The number of fused-ring (bicyclic) bond motifs is 1. The molecule has 0 fully saturated rings. The second-order valence-electron chi connectivity index (χ2n) is 4.44. The molecule has 0 aliphatic carbocycles. The van der Waals surface area contributed by atoms with Crippen molar-refractivity contribution < 1.29 is 4.74 Å². The number of aromatic nitrogens is 2. The summed E-state index contributed by atoms with van der Waals surface area (Å²) in [6.45, 7) is 1.99. The minimum atomic E-state index is -0.141. The molecule has 19 heavy (non-hydrogen) atoms. The number of methoxy groups -OCH3 is 1. The van der Waals surface area contributed by atoms with Gasteiger partial charge in [0, 0.05) is 6.07 Å². The van der Waals surface area contributed by atoms with E-state index in [1.165, 1.54) is 0 Å². The lowest BCUT2D eigenvalue weighted by atomic mass is 10.2. The third-order valence-electron chi connectivity index (χ3n) is 3.22. The Kier molecular flexibility index (Phi) is 2.63. The van der Waals surface area contributed by atoms with Crippen molar-refractivity contribution in [1.29, 1.82) is 0 Å². The quantitative estimate of drug-likeness (QED) is 0.764. The Hall–Kier alpha value is -2.49. The Morgan fingerprint density at radius 2 is 1.95 bits per heavy atom. The zero-order valence-corrected chi connectivity index (χ0v) is 10.8. The van der Waals surface area contributed by atoms with Crippen molar-refractivity contribution in [2.75, 3.05) is 7.11 Å². The van der Waals surface area contributed by atoms with Crippen LogP contribution in [0.25, 0.3) is 16.7 Å². The van der Waals surface area contributed by atoms with Crippen molar-refractivity contribution in [3.63, 3.8) is 0 Å². The summed E-state index contributed by atoms with van der Waals surface area (Å²) < 4.78 is 6.88. The van der Waals surface area contributed by atoms with Crippen molar-refractivity contribution in [3.8, 4) is 11.4 Å². The zero-order valence-electron chi connectivity index (χ0n) is 10.8. The van der Waals surface area contributed by atoms with Crippen LogP contribution in [0.1, 0.15) is 5.56 Å². The molecule has 0 unspecified atom stereocenters. The average Bonchev–Trinajstić information content (AvgIpc) is 2.76. The van der Waals surface area contributed by atoms with Gasteiger partial charge in [-0.1, -0.05) is 18.2 Å². The molecule has 96 valence electrons. The summed E-state index contributed by atoms with van der Waals surface area (Å²) in [5.41, 5.74) is 3.45. The van der Waals surface area contributed by atoms with E-state index in [9.17, 15) is 4.79 Å². The molecule has 2 aromatic carbocycles. The van der Waals surface area contributed by atoms with Gasteiger partial charge in [-0.15, -0.1) is 0 Å². The van der Waals surface area contributed by atoms with Gasteiger partial charge in [0.05, 0.1) is 23.8 Å². The SMILES string of the molecule is COc1cccc(-n2c(=O)[nH]c3cccc(C)c32)c1. The van der Waals surface area contributed by atoms with E-state index in [-0.39, 0.29) is 5.69 Å². The maximum absolute atomic E-state index is 12.2. The molecular weight excluding hydrogens is 240 g/mol. The van der Waals surface area contributed by atoms with Gasteiger partial charge in [0.15, 0.2) is 0 Å². The van der Waals surface area contributed by atoms with Gasteiger partial charge >= 0.3 is 5.69 Å². The molecule has 1 N–H and O–H groups in total. The molecule has 0 bridgehead atoms. The van der Waals surface area contributed by atoms with Crippen molar-refractivity contribution in [3.05, 3.63) is 58.5 Å². The molecule has 1 aromatic heterocycles. The van der Waals surface area contributed by atoms with Crippen LogP contribution in [0.2, 0.25) is 0 Å². The first-order chi connectivity index (χ1) is 9.20. The third-order valence-corrected chi connectivity index (χ3v) is 3.22. The predicted molar refractivity (Wildman–Crippen MR) is 75.2 cm³/mol. The molecule has 0 radical (unpaired) electrons. The number of nitrogens with zero attached hydrogens (tertiary/aromatic N) is 1. The highest BCUT2D eigenvalue weighted by molar-refractivity contribution is 5.80. The van der Waals surface area contributed by atoms with Crippen LogP contribution in [-0.2, 0) is 0 Å². The van der Waals surface area contributed by atoms with Gasteiger partial charge in [0.2, 0.25) is 0 Å². The first-order valence-electron chi connectivity index (χ1n) is 6.05. The molecule has 0 amide bonds. The topological polar surface area (TPSA) is 47.0 Å². The number of para-hydroxylation sites is 1. The second-order valence-corrected chi connectivity index (χ2v) is 4.44. The molecule has 0 atom stereocenters. The van der Waals surface area contributed by atoms with E-state index in [2.05, 4.69) is 4.98 Å². The third kappa shape index (κ3) is 1.81. The summed E-state index contributed by atoms with van der Waals surface area (Å²) in [4.78, 5) is 15.0. The van der Waals surface area contributed by atoms with E-state index in [4.69, 9.17) is 4.74 Å². The van der Waals surface area contributed by atoms with Crippen molar-refractivity contribution in [2.45, 2.75) is 6.92 Å². The standard InChI is InChI=1S/C15H14N2O2/c1-10-5-3-8-13-14(10)17(15(18)16-13)11-6-4-7-12(9-11)19-2/h3-9H,1-2H3,(H,16,18). The highest BCUT2D eigenvalue weighted by Crippen LogP contribution is 2.21. The Morgan fingerprint density at radius 3 is 2.74 bits per heavy atom. The lowest BCUT2D eigenvalue weighted by Gasteiger charge is -2.07. The van der Waals surface area contributed by atoms with Crippen LogP contribution in [0.15, 0.2) is 47.3 Å². The number of ether oxygens (including phenoxy) is 1. The predicted octanol–water partition coefficient (Wildman–Crippen LogP) is 2.64. The minimum absolute atomic E-state index is 0.141.